The zero-order valence-corrected chi connectivity index (χ0v) is 20.5. The number of aliphatic carboxylic acids is 1. The molecule has 10 heteroatoms. The average Bonchev–Trinajstić information content (AvgIpc) is 2.69. The fraction of sp³-hybridized carbons (Fsp3) is 0.636. The van der Waals surface area contributed by atoms with Gasteiger partial charge in [-0.25, -0.2) is 9.59 Å². The van der Waals surface area contributed by atoms with Gasteiger partial charge in [0.2, 0.25) is 5.91 Å². The van der Waals surface area contributed by atoms with Gasteiger partial charge in [-0.05, 0) is 32.7 Å². The maximum Gasteiger partial charge on any atom is 0.333 e. The van der Waals surface area contributed by atoms with Crippen molar-refractivity contribution in [3.8, 4) is 0 Å². The molecule has 0 heterocycles. The van der Waals surface area contributed by atoms with E-state index in [1.165, 1.54) is 6.92 Å². The van der Waals surface area contributed by atoms with E-state index in [4.69, 9.17) is 25.1 Å². The highest BCUT2D eigenvalue weighted by Crippen LogP contribution is 2.03. The number of ether oxygens (including phenoxy) is 2. The van der Waals surface area contributed by atoms with Crippen LogP contribution >= 0.6 is 0 Å². The van der Waals surface area contributed by atoms with Crippen LogP contribution in [0.25, 0.3) is 0 Å². The van der Waals surface area contributed by atoms with Crippen molar-refractivity contribution < 1.29 is 39.2 Å². The highest BCUT2D eigenvalue weighted by Gasteiger charge is 2.06. The first-order valence-electron chi connectivity index (χ1n) is 10.3. The second kappa shape index (κ2) is 30.5. The summed E-state index contributed by atoms with van der Waals surface area (Å²) in [7, 11) is 0. The van der Waals surface area contributed by atoms with Crippen LogP contribution in [0.4, 0.5) is 0 Å². The molecular weight excluding hydrogens is 420 g/mol. The summed E-state index contributed by atoms with van der Waals surface area (Å²) in [5.41, 5.74) is 6.12. The molecule has 0 bridgehead atoms. The van der Waals surface area contributed by atoms with Gasteiger partial charge < -0.3 is 31.1 Å². The monoisotopic (exact) mass is 464 g/mol. The molecule has 0 unspecified atom stereocenters. The van der Waals surface area contributed by atoms with Crippen molar-refractivity contribution in [2.24, 2.45) is 5.73 Å². The maximum absolute atomic E-state index is 11.2. The number of carbonyl (C=O) groups excluding carboxylic acids is 3. The van der Waals surface area contributed by atoms with Crippen molar-refractivity contribution in [3.63, 3.8) is 0 Å². The van der Waals surface area contributed by atoms with E-state index in [-0.39, 0.29) is 23.3 Å². The molecule has 1 amide bonds. The predicted octanol–water partition coefficient (Wildman–Crippen LogP) is 2.16. The average molecular weight is 465 g/mol. The van der Waals surface area contributed by atoms with Gasteiger partial charge >= 0.3 is 11.9 Å². The van der Waals surface area contributed by atoms with Gasteiger partial charge in [-0.3, -0.25) is 9.59 Å². The van der Waals surface area contributed by atoms with Gasteiger partial charge in [-0.1, -0.05) is 40.3 Å². The van der Waals surface area contributed by atoms with Gasteiger partial charge in [0.05, 0.1) is 13.2 Å². The van der Waals surface area contributed by atoms with Crippen LogP contribution in [-0.4, -0.2) is 60.7 Å². The Kier molecular flexibility index (Phi) is 37.8. The molecule has 0 saturated heterocycles. The van der Waals surface area contributed by atoms with Crippen LogP contribution in [0, 0.1) is 0 Å². The number of carbonyl (C=O) groups is 4. The normalized spacial score (nSPS) is 8.22. The van der Waals surface area contributed by atoms with Crippen LogP contribution in [-0.2, 0) is 28.7 Å². The zero-order valence-electron chi connectivity index (χ0n) is 20.5. The van der Waals surface area contributed by atoms with E-state index in [2.05, 4.69) is 18.5 Å². The van der Waals surface area contributed by atoms with E-state index in [1.807, 2.05) is 20.8 Å². The molecule has 0 aromatic rings. The number of rotatable bonds is 11. The minimum absolute atomic E-state index is 0. The molecule has 190 valence electrons. The molecule has 0 aliphatic carbocycles. The van der Waals surface area contributed by atoms with Crippen molar-refractivity contribution >= 4 is 23.8 Å². The highest BCUT2D eigenvalue weighted by molar-refractivity contribution is 5.87. The smallest absolute Gasteiger partial charge is 0.333 e. The number of hydrogen-bond donors (Lipinski definition) is 3. The maximum atomic E-state index is 11.2. The lowest BCUT2D eigenvalue weighted by molar-refractivity contribution is -0.140. The van der Waals surface area contributed by atoms with Crippen LogP contribution in [0.3, 0.4) is 0 Å². The van der Waals surface area contributed by atoms with Crippen LogP contribution in [0.5, 0.6) is 0 Å². The Morgan fingerprint density at radius 2 is 1.38 bits per heavy atom. The number of esters is 2. The van der Waals surface area contributed by atoms with Crippen molar-refractivity contribution in [3.05, 3.63) is 24.3 Å². The lowest BCUT2D eigenvalue weighted by Gasteiger charge is -2.06. The van der Waals surface area contributed by atoms with Gasteiger partial charge in [0.1, 0.15) is 0 Å². The van der Waals surface area contributed by atoms with Crippen LogP contribution in [0.1, 0.15) is 67.2 Å². The highest BCUT2D eigenvalue weighted by atomic mass is 16.5. The largest absolute Gasteiger partial charge is 0.481 e. The topological polar surface area (TPSA) is 177 Å². The quantitative estimate of drug-likeness (QED) is 0.236. The Bertz CT molecular complexity index is 530. The molecular formula is C22H44N2O8. The molecule has 0 radical (unpaired) electrons. The molecule has 0 aromatic carbocycles. The SMILES string of the molecule is C=C(C)C(=O)OCCCN.C=C(CCC)C(=O)OCCCNC(C)=O.CC.CC(=O)O.O. The van der Waals surface area contributed by atoms with Crippen LogP contribution < -0.4 is 11.1 Å². The Labute approximate surface area is 192 Å². The van der Waals surface area contributed by atoms with Crippen LogP contribution in [0.15, 0.2) is 24.3 Å². The number of carboxylic acids is 1. The summed E-state index contributed by atoms with van der Waals surface area (Å²) in [6, 6.07) is 0. The summed E-state index contributed by atoms with van der Waals surface area (Å²) in [5.74, 6) is -1.58. The van der Waals surface area contributed by atoms with E-state index in [9.17, 15) is 14.4 Å². The van der Waals surface area contributed by atoms with E-state index < -0.39 is 5.97 Å². The van der Waals surface area contributed by atoms with Crippen molar-refractivity contribution in [2.75, 3.05) is 26.3 Å². The number of amides is 1. The second-order valence-corrected chi connectivity index (χ2v) is 5.90. The Hall–Kier alpha value is -2.72. The van der Waals surface area contributed by atoms with Gasteiger partial charge in [0.15, 0.2) is 0 Å². The van der Waals surface area contributed by atoms with Crippen LogP contribution in [0.2, 0.25) is 0 Å². The Balaban J connectivity index is -0.000000124. The Morgan fingerprint density at radius 3 is 1.75 bits per heavy atom. The van der Waals surface area contributed by atoms with E-state index in [0.29, 0.717) is 56.7 Å². The van der Waals surface area contributed by atoms with Crippen molar-refractivity contribution in [1.29, 1.82) is 0 Å². The minimum atomic E-state index is -0.833. The van der Waals surface area contributed by atoms with E-state index in [0.717, 1.165) is 13.3 Å². The zero-order chi connectivity index (χ0) is 25.2. The fourth-order valence-electron chi connectivity index (χ4n) is 1.38. The van der Waals surface area contributed by atoms with Crippen molar-refractivity contribution in [1.82, 2.24) is 5.32 Å². The first-order chi connectivity index (χ1) is 14.5. The molecule has 0 rings (SSSR count). The van der Waals surface area contributed by atoms with Gasteiger partial charge in [-0.15, -0.1) is 0 Å². The molecule has 0 atom stereocenters. The van der Waals surface area contributed by atoms with Gasteiger partial charge in [0.25, 0.3) is 5.97 Å². The first-order valence-corrected chi connectivity index (χ1v) is 10.3. The Morgan fingerprint density at radius 1 is 0.938 bits per heavy atom. The minimum Gasteiger partial charge on any atom is -0.481 e. The third-order valence-corrected chi connectivity index (χ3v) is 2.70. The molecule has 0 aromatic heterocycles. The summed E-state index contributed by atoms with van der Waals surface area (Å²) in [5, 5.41) is 10.0. The van der Waals surface area contributed by atoms with Gasteiger partial charge in [0, 0.05) is 31.5 Å². The number of nitrogens with two attached hydrogens (primary N) is 1. The number of carboxylic acid groups (broad SMARTS) is 1. The van der Waals surface area contributed by atoms with E-state index in [1.54, 1.807) is 6.92 Å². The fourth-order valence-corrected chi connectivity index (χ4v) is 1.38. The predicted molar refractivity (Wildman–Crippen MR) is 126 cm³/mol. The third-order valence-electron chi connectivity index (χ3n) is 2.70. The summed E-state index contributed by atoms with van der Waals surface area (Å²) in [6.07, 6.45) is 2.90. The number of hydrogen-bond acceptors (Lipinski definition) is 7. The molecule has 0 saturated carbocycles. The lowest BCUT2D eigenvalue weighted by Crippen LogP contribution is -2.22. The second-order valence-electron chi connectivity index (χ2n) is 5.90. The summed E-state index contributed by atoms with van der Waals surface area (Å²) in [4.78, 5) is 41.4. The molecule has 10 nitrogen and oxygen atoms in total. The van der Waals surface area contributed by atoms with Gasteiger partial charge in [-0.2, -0.15) is 0 Å². The standard InChI is InChI=1S/C11H19NO3.C7H13NO2.C2H4O2.C2H6.H2O/c1-4-6-9(2)11(14)15-8-5-7-12-10(3)13;1-6(2)7(9)10-5-3-4-8;1-2(3)4;1-2;/h2,4-8H2,1,3H3,(H,12,13);1,3-5,8H2,2H3;1H3,(H,3,4);1-2H3;1H2. The molecule has 0 aliphatic heterocycles. The number of nitrogens with one attached hydrogen (secondary N) is 1. The summed E-state index contributed by atoms with van der Waals surface area (Å²) in [6.45, 7) is 19.0. The van der Waals surface area contributed by atoms with Crippen molar-refractivity contribution in [2.45, 2.75) is 67.2 Å². The molecule has 0 aliphatic rings. The lowest BCUT2D eigenvalue weighted by atomic mass is 10.2. The summed E-state index contributed by atoms with van der Waals surface area (Å²) >= 11 is 0. The third kappa shape index (κ3) is 41.6. The first kappa shape index (κ1) is 39.7. The molecule has 0 spiro atoms. The molecule has 6 N–H and O–H groups in total. The van der Waals surface area contributed by atoms with E-state index >= 15 is 0 Å². The molecule has 0 fully saturated rings. The molecule has 32 heavy (non-hydrogen) atoms. The summed E-state index contributed by atoms with van der Waals surface area (Å²) < 4.78 is 9.67.